The van der Waals surface area contributed by atoms with Gasteiger partial charge in [0.25, 0.3) is 0 Å². The van der Waals surface area contributed by atoms with Crippen molar-refractivity contribution >= 4 is 23.1 Å². The van der Waals surface area contributed by atoms with Gasteiger partial charge in [0.05, 0.1) is 24.7 Å². The van der Waals surface area contributed by atoms with Crippen LogP contribution in [0.5, 0.6) is 11.5 Å². The third-order valence-corrected chi connectivity index (χ3v) is 7.71. The first kappa shape index (κ1) is 26.4. The van der Waals surface area contributed by atoms with Crippen LogP contribution in [-0.2, 0) is 11.4 Å². The smallest absolute Gasteiger partial charge is 0.161 e. The molecule has 1 unspecified atom stereocenters. The van der Waals surface area contributed by atoms with E-state index in [4.69, 9.17) is 26.8 Å². The van der Waals surface area contributed by atoms with E-state index in [0.29, 0.717) is 52.9 Å². The third kappa shape index (κ3) is 4.98. The molecule has 198 valence electrons. The highest BCUT2D eigenvalue weighted by Gasteiger charge is 2.41. The van der Waals surface area contributed by atoms with E-state index in [1.165, 1.54) is 0 Å². The lowest BCUT2D eigenvalue weighted by molar-refractivity contribution is -0.116. The number of carbonyl (C=O) groups is 1. The number of ketones is 1. The van der Waals surface area contributed by atoms with Gasteiger partial charge in [0.15, 0.2) is 5.78 Å². The molecule has 0 bridgehead atoms. The van der Waals surface area contributed by atoms with Crippen molar-refractivity contribution in [3.63, 3.8) is 0 Å². The lowest BCUT2D eigenvalue weighted by Gasteiger charge is -2.40. The number of allylic oxidation sites excluding steroid dienone is 3. The lowest BCUT2D eigenvalue weighted by Crippen LogP contribution is -2.39. The van der Waals surface area contributed by atoms with Gasteiger partial charge < -0.3 is 15.2 Å². The lowest BCUT2D eigenvalue weighted by atomic mass is 9.73. The molecule has 1 heterocycles. The number of rotatable bonds is 6. The number of aryl methyl sites for hydroxylation is 1. The SMILES string of the molecule is COc1ccc(N2C(N)=C(C#N)C(c3cc(C)cc(COc4ccc(Cl)cc4)c3C)C3=C2CCCC3=O)cc1. The van der Waals surface area contributed by atoms with Crippen molar-refractivity contribution in [2.75, 3.05) is 12.0 Å². The molecule has 0 radical (unpaired) electrons. The van der Waals surface area contributed by atoms with Crippen LogP contribution in [0.4, 0.5) is 5.69 Å². The molecule has 5 rings (SSSR count). The van der Waals surface area contributed by atoms with Crippen molar-refractivity contribution in [2.24, 2.45) is 5.73 Å². The molecule has 2 N–H and O–H groups in total. The molecular weight excluding hydrogens is 510 g/mol. The summed E-state index contributed by atoms with van der Waals surface area (Å²) < 4.78 is 11.4. The molecule has 1 aliphatic carbocycles. The maximum atomic E-state index is 13.6. The predicted molar refractivity (Wildman–Crippen MR) is 153 cm³/mol. The van der Waals surface area contributed by atoms with Gasteiger partial charge in [0, 0.05) is 28.4 Å². The molecular formula is C32H30ClN3O3. The highest BCUT2D eigenvalue weighted by atomic mass is 35.5. The predicted octanol–water partition coefficient (Wildman–Crippen LogP) is 6.85. The summed E-state index contributed by atoms with van der Waals surface area (Å²) in [4.78, 5) is 15.4. The molecule has 3 aromatic carbocycles. The normalized spacial score (nSPS) is 17.2. The topological polar surface area (TPSA) is 88.6 Å². The van der Waals surface area contributed by atoms with E-state index in [-0.39, 0.29) is 5.78 Å². The second kappa shape index (κ2) is 10.9. The van der Waals surface area contributed by atoms with Crippen LogP contribution in [-0.4, -0.2) is 12.9 Å². The minimum absolute atomic E-state index is 0.0554. The maximum Gasteiger partial charge on any atom is 0.161 e. The number of benzene rings is 3. The van der Waals surface area contributed by atoms with Gasteiger partial charge in [0.1, 0.15) is 23.9 Å². The summed E-state index contributed by atoms with van der Waals surface area (Å²) >= 11 is 6.01. The van der Waals surface area contributed by atoms with Crippen LogP contribution in [0.15, 0.2) is 83.3 Å². The largest absolute Gasteiger partial charge is 0.497 e. The van der Waals surface area contributed by atoms with Crippen molar-refractivity contribution in [1.82, 2.24) is 0 Å². The molecule has 0 amide bonds. The highest BCUT2D eigenvalue weighted by molar-refractivity contribution is 6.30. The number of anilines is 1. The minimum atomic E-state index is -0.540. The van der Waals surface area contributed by atoms with Gasteiger partial charge in [-0.15, -0.1) is 0 Å². The van der Waals surface area contributed by atoms with E-state index < -0.39 is 5.92 Å². The summed E-state index contributed by atoms with van der Waals surface area (Å²) in [6.07, 6.45) is 1.88. The Balaban J connectivity index is 1.61. The minimum Gasteiger partial charge on any atom is -0.497 e. The van der Waals surface area contributed by atoms with E-state index in [9.17, 15) is 10.1 Å². The van der Waals surface area contributed by atoms with Crippen LogP contribution in [0.3, 0.4) is 0 Å². The molecule has 2 aliphatic rings. The molecule has 39 heavy (non-hydrogen) atoms. The average Bonchev–Trinajstić information content (AvgIpc) is 2.94. The van der Waals surface area contributed by atoms with Crippen molar-refractivity contribution in [3.05, 3.63) is 111 Å². The molecule has 6 nitrogen and oxygen atoms in total. The number of ether oxygens (including phenoxy) is 2. The van der Waals surface area contributed by atoms with Gasteiger partial charge in [-0.3, -0.25) is 9.69 Å². The van der Waals surface area contributed by atoms with Crippen LogP contribution in [0.1, 0.15) is 47.4 Å². The van der Waals surface area contributed by atoms with Gasteiger partial charge in [-0.1, -0.05) is 29.3 Å². The number of hydrogen-bond donors (Lipinski definition) is 1. The van der Waals surface area contributed by atoms with Crippen molar-refractivity contribution < 1.29 is 14.3 Å². The highest BCUT2D eigenvalue weighted by Crippen LogP contribution is 2.47. The molecule has 0 saturated heterocycles. The number of methoxy groups -OCH3 is 1. The molecule has 1 aliphatic heterocycles. The zero-order valence-corrected chi connectivity index (χ0v) is 23.0. The van der Waals surface area contributed by atoms with E-state index in [2.05, 4.69) is 18.2 Å². The molecule has 0 saturated carbocycles. The second-order valence-electron chi connectivity index (χ2n) is 9.90. The van der Waals surface area contributed by atoms with Gasteiger partial charge in [-0.25, -0.2) is 0 Å². The summed E-state index contributed by atoms with van der Waals surface area (Å²) in [5, 5.41) is 11.1. The van der Waals surface area contributed by atoms with E-state index in [1.54, 1.807) is 19.2 Å². The fourth-order valence-corrected chi connectivity index (χ4v) is 5.65. The van der Waals surface area contributed by atoms with Crippen LogP contribution in [0.25, 0.3) is 0 Å². The summed E-state index contributed by atoms with van der Waals surface area (Å²) in [5.41, 5.74) is 13.3. The Morgan fingerprint density at radius 1 is 1.05 bits per heavy atom. The number of nitrogens with two attached hydrogens (primary N) is 1. The standard InChI is InChI=1S/C32H30ClN3O3/c1-19-15-21(18-39-25-11-7-22(33)8-12-25)20(2)26(16-19)30-27(17-34)32(35)36(23-9-13-24(38-3)14-10-23)28-5-4-6-29(37)31(28)30/h7-16,30H,4-6,18,35H2,1-3H3. The molecule has 3 aromatic rings. The third-order valence-electron chi connectivity index (χ3n) is 7.46. The van der Waals surface area contributed by atoms with Gasteiger partial charge >= 0.3 is 0 Å². The molecule has 0 spiro atoms. The van der Waals surface area contributed by atoms with E-state index in [1.807, 2.05) is 55.1 Å². The van der Waals surface area contributed by atoms with Crippen molar-refractivity contribution in [3.8, 4) is 17.6 Å². The molecule has 0 aromatic heterocycles. The Morgan fingerprint density at radius 2 is 1.74 bits per heavy atom. The van der Waals surface area contributed by atoms with Gasteiger partial charge in [-0.2, -0.15) is 5.26 Å². The average molecular weight is 540 g/mol. The number of nitriles is 1. The Morgan fingerprint density at radius 3 is 2.41 bits per heavy atom. The number of Topliss-reactive ketones (excluding diaryl/α,β-unsaturated/α-hetero) is 1. The molecule has 1 atom stereocenters. The van der Waals surface area contributed by atoms with Crippen LogP contribution in [0, 0.1) is 25.2 Å². The quantitative estimate of drug-likeness (QED) is 0.368. The zero-order chi connectivity index (χ0) is 27.7. The van der Waals surface area contributed by atoms with Crippen LogP contribution in [0.2, 0.25) is 5.02 Å². The summed E-state index contributed by atoms with van der Waals surface area (Å²) in [6.45, 7) is 4.37. The Bertz CT molecular complexity index is 1530. The molecule has 0 fully saturated rings. The number of hydrogen-bond acceptors (Lipinski definition) is 6. The Hall–Kier alpha value is -4.21. The monoisotopic (exact) mass is 539 g/mol. The van der Waals surface area contributed by atoms with Crippen molar-refractivity contribution in [1.29, 1.82) is 5.26 Å². The summed E-state index contributed by atoms with van der Waals surface area (Å²) in [7, 11) is 1.61. The molecule has 7 heteroatoms. The number of halogens is 1. The Labute approximate surface area is 233 Å². The zero-order valence-electron chi connectivity index (χ0n) is 22.3. The fraction of sp³-hybridized carbons (Fsp3) is 0.250. The van der Waals surface area contributed by atoms with Crippen LogP contribution < -0.4 is 20.1 Å². The van der Waals surface area contributed by atoms with Gasteiger partial charge in [-0.05, 0) is 91.9 Å². The maximum absolute atomic E-state index is 13.6. The van der Waals surface area contributed by atoms with E-state index in [0.717, 1.165) is 40.1 Å². The first-order valence-corrected chi connectivity index (χ1v) is 13.3. The first-order valence-electron chi connectivity index (χ1n) is 12.9. The first-order chi connectivity index (χ1) is 18.8. The fourth-order valence-electron chi connectivity index (χ4n) is 5.53. The second-order valence-corrected chi connectivity index (χ2v) is 10.3. The van der Waals surface area contributed by atoms with Gasteiger partial charge in [0.2, 0.25) is 0 Å². The van der Waals surface area contributed by atoms with Crippen molar-refractivity contribution in [2.45, 2.75) is 45.6 Å². The van der Waals surface area contributed by atoms with Crippen LogP contribution >= 0.6 is 11.6 Å². The summed E-state index contributed by atoms with van der Waals surface area (Å²) in [6, 6.07) is 21.2. The number of carbonyl (C=O) groups excluding carboxylic acids is 1. The van der Waals surface area contributed by atoms with E-state index >= 15 is 0 Å². The number of nitrogens with zero attached hydrogens (tertiary/aromatic N) is 2. The Kier molecular flexibility index (Phi) is 7.36. The summed E-state index contributed by atoms with van der Waals surface area (Å²) in [5.74, 6) is 1.29.